The summed E-state index contributed by atoms with van der Waals surface area (Å²) in [5, 5.41) is 7.00. The molecule has 2 nitrogen and oxygen atoms in total. The molecule has 2 heteroatoms. The van der Waals surface area contributed by atoms with E-state index in [-0.39, 0.29) is 5.78 Å². The summed E-state index contributed by atoms with van der Waals surface area (Å²) in [6, 6.07) is 19.2. The molecule has 0 aliphatic carbocycles. The van der Waals surface area contributed by atoms with Gasteiger partial charge in [0.05, 0.1) is 0 Å². The molecule has 0 atom stereocenters. The Morgan fingerprint density at radius 3 is 1.88 bits per heavy atom. The number of Topliss-reactive ketones (excluding diaryl/α,β-unsaturated/α-hetero) is 1. The molecule has 0 radical (unpaired) electrons. The van der Waals surface area contributed by atoms with Gasteiger partial charge in [0.15, 0.2) is 5.78 Å². The summed E-state index contributed by atoms with van der Waals surface area (Å²) in [5.41, 5.74) is 1.84. The fourth-order valence-corrected chi connectivity index (χ4v) is 1.51. The normalized spacial score (nSPS) is 9.06. The highest BCUT2D eigenvalue weighted by molar-refractivity contribution is 5.97. The Bertz CT molecular complexity index is 435. The van der Waals surface area contributed by atoms with Crippen LogP contribution in [0.4, 0.5) is 0 Å². The zero-order valence-corrected chi connectivity index (χ0v) is 9.84. The molecular weight excluding hydrogens is 212 g/mol. The van der Waals surface area contributed by atoms with Crippen molar-refractivity contribution in [3.63, 3.8) is 0 Å². The molecule has 0 fully saturated rings. The minimum absolute atomic E-state index is 0.168. The minimum atomic E-state index is 0.168. The molecule has 2 aromatic rings. The summed E-state index contributed by atoms with van der Waals surface area (Å²) in [6.45, 7) is 0. The minimum Gasteiger partial charge on any atom is -0.400 e. The first-order valence-electron chi connectivity index (χ1n) is 5.43. The van der Waals surface area contributed by atoms with Crippen LogP contribution in [0.15, 0.2) is 60.7 Å². The lowest BCUT2D eigenvalue weighted by atomic mass is 10.0. The quantitative estimate of drug-likeness (QED) is 0.820. The van der Waals surface area contributed by atoms with Crippen LogP contribution in [0.3, 0.4) is 0 Å². The average Bonchev–Trinajstić information content (AvgIpc) is 2.43. The lowest BCUT2D eigenvalue weighted by Gasteiger charge is -2.00. The van der Waals surface area contributed by atoms with Crippen molar-refractivity contribution in [2.24, 2.45) is 0 Å². The molecule has 1 N–H and O–H groups in total. The SMILES string of the molecule is CO.O=C(Cc1ccccc1)c1ccccc1. The second-order valence-corrected chi connectivity index (χ2v) is 3.45. The molecule has 0 heterocycles. The van der Waals surface area contributed by atoms with Gasteiger partial charge in [-0.25, -0.2) is 0 Å². The van der Waals surface area contributed by atoms with E-state index in [1.807, 2.05) is 60.7 Å². The van der Waals surface area contributed by atoms with Crippen LogP contribution in [0.1, 0.15) is 15.9 Å². The van der Waals surface area contributed by atoms with E-state index in [1.165, 1.54) is 0 Å². The third-order valence-corrected chi connectivity index (χ3v) is 2.30. The van der Waals surface area contributed by atoms with Crippen LogP contribution >= 0.6 is 0 Å². The molecule has 0 bridgehead atoms. The molecule has 0 amide bonds. The van der Waals surface area contributed by atoms with Gasteiger partial charge in [-0.2, -0.15) is 0 Å². The average molecular weight is 228 g/mol. The van der Waals surface area contributed by atoms with Crippen molar-refractivity contribution >= 4 is 5.78 Å². The summed E-state index contributed by atoms with van der Waals surface area (Å²) in [7, 11) is 1.00. The Hall–Kier alpha value is -1.93. The molecule has 88 valence electrons. The third-order valence-electron chi connectivity index (χ3n) is 2.30. The van der Waals surface area contributed by atoms with Crippen molar-refractivity contribution in [2.45, 2.75) is 6.42 Å². The van der Waals surface area contributed by atoms with Crippen LogP contribution < -0.4 is 0 Å². The number of ketones is 1. The standard InChI is InChI=1S/C14H12O.CH4O/c15-14(13-9-5-2-6-10-13)11-12-7-3-1-4-8-12;1-2/h1-10H,11H2;2H,1H3. The van der Waals surface area contributed by atoms with E-state index in [0.717, 1.165) is 18.2 Å². The molecule has 0 aromatic heterocycles. The van der Waals surface area contributed by atoms with Crippen LogP contribution in [-0.2, 0) is 6.42 Å². The molecule has 0 saturated heterocycles. The van der Waals surface area contributed by atoms with Gasteiger partial charge < -0.3 is 5.11 Å². The Kier molecular flexibility index (Phi) is 5.69. The molecule has 0 unspecified atom stereocenters. The fourth-order valence-electron chi connectivity index (χ4n) is 1.51. The van der Waals surface area contributed by atoms with Crippen LogP contribution in [0.25, 0.3) is 0 Å². The summed E-state index contributed by atoms with van der Waals surface area (Å²) < 4.78 is 0. The van der Waals surface area contributed by atoms with E-state index >= 15 is 0 Å². The van der Waals surface area contributed by atoms with Gasteiger partial charge in [-0.05, 0) is 5.56 Å². The molecule has 0 aliphatic heterocycles. The lowest BCUT2D eigenvalue weighted by molar-refractivity contribution is 0.0993. The summed E-state index contributed by atoms with van der Waals surface area (Å²) >= 11 is 0. The third kappa shape index (κ3) is 4.21. The molecule has 0 aliphatic rings. The Labute approximate surface area is 102 Å². The predicted octanol–water partition coefficient (Wildman–Crippen LogP) is 2.72. The zero-order chi connectivity index (χ0) is 12.5. The summed E-state index contributed by atoms with van der Waals surface area (Å²) in [6.07, 6.45) is 0.477. The maximum absolute atomic E-state index is 11.8. The second kappa shape index (κ2) is 7.36. The van der Waals surface area contributed by atoms with Crippen molar-refractivity contribution in [1.29, 1.82) is 0 Å². The smallest absolute Gasteiger partial charge is 0.167 e. The number of hydrogen-bond donors (Lipinski definition) is 1. The van der Waals surface area contributed by atoms with Gasteiger partial charge in [0.2, 0.25) is 0 Å². The molecular formula is C15H16O2. The van der Waals surface area contributed by atoms with E-state index in [0.29, 0.717) is 6.42 Å². The number of carbonyl (C=O) groups excluding carboxylic acids is 1. The highest BCUT2D eigenvalue weighted by atomic mass is 16.2. The number of rotatable bonds is 3. The van der Waals surface area contributed by atoms with Gasteiger partial charge in [0.25, 0.3) is 0 Å². The molecule has 0 saturated carbocycles. The fraction of sp³-hybridized carbons (Fsp3) is 0.133. The number of hydrogen-bond acceptors (Lipinski definition) is 2. The number of benzene rings is 2. The monoisotopic (exact) mass is 228 g/mol. The highest BCUT2D eigenvalue weighted by Gasteiger charge is 2.05. The Balaban J connectivity index is 0.000000686. The molecule has 2 aromatic carbocycles. The highest BCUT2D eigenvalue weighted by Crippen LogP contribution is 2.06. The molecule has 0 spiro atoms. The van der Waals surface area contributed by atoms with E-state index < -0.39 is 0 Å². The van der Waals surface area contributed by atoms with Gasteiger partial charge in [-0.1, -0.05) is 60.7 Å². The van der Waals surface area contributed by atoms with Crippen molar-refractivity contribution in [2.75, 3.05) is 7.11 Å². The van der Waals surface area contributed by atoms with Crippen molar-refractivity contribution in [1.82, 2.24) is 0 Å². The van der Waals surface area contributed by atoms with Gasteiger partial charge in [-0.3, -0.25) is 4.79 Å². The van der Waals surface area contributed by atoms with E-state index in [9.17, 15) is 4.79 Å². The number of carbonyl (C=O) groups is 1. The first-order chi connectivity index (χ1) is 8.36. The Morgan fingerprint density at radius 1 is 0.882 bits per heavy atom. The van der Waals surface area contributed by atoms with Gasteiger partial charge in [0, 0.05) is 19.1 Å². The largest absolute Gasteiger partial charge is 0.400 e. The number of aliphatic hydroxyl groups is 1. The molecule has 17 heavy (non-hydrogen) atoms. The maximum atomic E-state index is 11.8. The van der Waals surface area contributed by atoms with Crippen LogP contribution in [0.5, 0.6) is 0 Å². The number of aliphatic hydroxyl groups excluding tert-OH is 1. The van der Waals surface area contributed by atoms with E-state index in [4.69, 9.17) is 5.11 Å². The van der Waals surface area contributed by atoms with Crippen LogP contribution in [-0.4, -0.2) is 18.0 Å². The first kappa shape index (κ1) is 13.1. The van der Waals surface area contributed by atoms with Crippen molar-refractivity contribution in [3.05, 3.63) is 71.8 Å². The Morgan fingerprint density at radius 2 is 1.35 bits per heavy atom. The maximum Gasteiger partial charge on any atom is 0.167 e. The second-order valence-electron chi connectivity index (χ2n) is 3.45. The van der Waals surface area contributed by atoms with Gasteiger partial charge >= 0.3 is 0 Å². The first-order valence-corrected chi connectivity index (χ1v) is 5.43. The predicted molar refractivity (Wildman–Crippen MR) is 69.1 cm³/mol. The van der Waals surface area contributed by atoms with Crippen LogP contribution in [0, 0.1) is 0 Å². The van der Waals surface area contributed by atoms with E-state index in [1.54, 1.807) is 0 Å². The lowest BCUT2D eigenvalue weighted by Crippen LogP contribution is -2.02. The van der Waals surface area contributed by atoms with E-state index in [2.05, 4.69) is 0 Å². The summed E-state index contributed by atoms with van der Waals surface area (Å²) in [4.78, 5) is 11.8. The van der Waals surface area contributed by atoms with Crippen molar-refractivity contribution in [3.8, 4) is 0 Å². The van der Waals surface area contributed by atoms with Gasteiger partial charge in [-0.15, -0.1) is 0 Å². The van der Waals surface area contributed by atoms with Gasteiger partial charge in [0.1, 0.15) is 0 Å². The topological polar surface area (TPSA) is 37.3 Å². The molecule has 2 rings (SSSR count). The van der Waals surface area contributed by atoms with Crippen LogP contribution in [0.2, 0.25) is 0 Å². The van der Waals surface area contributed by atoms with Crippen molar-refractivity contribution < 1.29 is 9.90 Å². The zero-order valence-electron chi connectivity index (χ0n) is 9.84. The summed E-state index contributed by atoms with van der Waals surface area (Å²) in [5.74, 6) is 0.168.